The number of carbonyl (C=O) groups is 2. The van der Waals surface area contributed by atoms with E-state index in [0.29, 0.717) is 35.5 Å². The Morgan fingerprint density at radius 2 is 1.73 bits per heavy atom. The molecule has 8 heteroatoms. The van der Waals surface area contributed by atoms with E-state index < -0.39 is 11.4 Å². The maximum atomic E-state index is 13.9. The zero-order chi connectivity index (χ0) is 28.9. The molecule has 1 aliphatic rings. The lowest BCUT2D eigenvalue weighted by Gasteiger charge is -2.40. The van der Waals surface area contributed by atoms with E-state index in [1.54, 1.807) is 31.4 Å². The molecule has 0 bridgehead atoms. The van der Waals surface area contributed by atoms with Gasteiger partial charge in [-0.2, -0.15) is 0 Å². The van der Waals surface area contributed by atoms with Crippen LogP contribution in [0, 0.1) is 6.92 Å². The summed E-state index contributed by atoms with van der Waals surface area (Å²) in [7, 11) is 1.69. The molecule has 2 aromatic heterocycles. The summed E-state index contributed by atoms with van der Waals surface area (Å²) in [6.07, 6.45) is 2.87. The summed E-state index contributed by atoms with van der Waals surface area (Å²) in [5.41, 5.74) is 11.3. The fourth-order valence-corrected chi connectivity index (χ4v) is 6.28. The highest BCUT2D eigenvalue weighted by molar-refractivity contribution is 6.34. The average molecular weight is 565 g/mol. The Bertz CT molecular complexity index is 1910. The molecule has 7 nitrogen and oxygen atoms in total. The topological polar surface area (TPSA) is 99.1 Å². The number of amides is 2. The molecule has 0 saturated heterocycles. The largest absolute Gasteiger partial charge is 0.366 e. The van der Waals surface area contributed by atoms with Gasteiger partial charge in [-0.15, -0.1) is 0 Å². The lowest BCUT2D eigenvalue weighted by Crippen LogP contribution is -2.51. The first-order valence-electron chi connectivity index (χ1n) is 13.4. The SMILES string of the molecule is Cc1ccc2c(c1)c(C(N)=O)c1n2C[C@@](NC(=O)c2ccc(-c3ccc(=O)n(C)c3)cc2Cl)(c2ccccc2)CC1. The molecule has 3 aromatic carbocycles. The summed E-state index contributed by atoms with van der Waals surface area (Å²) in [5.74, 6) is -0.743. The van der Waals surface area contributed by atoms with Crippen molar-refractivity contribution in [2.75, 3.05) is 0 Å². The van der Waals surface area contributed by atoms with Gasteiger partial charge in [0, 0.05) is 35.9 Å². The van der Waals surface area contributed by atoms with E-state index in [4.69, 9.17) is 17.3 Å². The van der Waals surface area contributed by atoms with Gasteiger partial charge in [0.2, 0.25) is 5.56 Å². The standard InChI is InChI=1S/C33H29ClN4O3/c1-20-8-12-27-25(16-20)30(31(35)40)28-14-15-33(19-38(27)28,23-6-4-3-5-7-23)36-32(41)24-11-9-21(17-26(24)34)22-10-13-29(39)37(2)18-22/h3-13,16-18H,14-15,19H2,1-2H3,(H2,35,40)(H,36,41)/t33-/m1/s1. The third-order valence-electron chi connectivity index (χ3n) is 8.10. The van der Waals surface area contributed by atoms with Gasteiger partial charge >= 0.3 is 0 Å². The minimum absolute atomic E-state index is 0.105. The number of nitrogens with two attached hydrogens (primary N) is 1. The number of carbonyl (C=O) groups excluding carboxylic acids is 2. The predicted octanol–water partition coefficient (Wildman–Crippen LogP) is 5.34. The van der Waals surface area contributed by atoms with Gasteiger partial charge in [-0.05, 0) is 66.8 Å². The molecule has 1 atom stereocenters. The van der Waals surface area contributed by atoms with E-state index in [2.05, 4.69) is 9.88 Å². The van der Waals surface area contributed by atoms with Crippen LogP contribution in [0.3, 0.4) is 0 Å². The van der Waals surface area contributed by atoms with Crippen molar-refractivity contribution >= 4 is 34.3 Å². The summed E-state index contributed by atoms with van der Waals surface area (Å²) in [5, 5.41) is 4.48. The summed E-state index contributed by atoms with van der Waals surface area (Å²) in [6, 6.07) is 24.4. The molecular weight excluding hydrogens is 536 g/mol. The predicted molar refractivity (Wildman–Crippen MR) is 161 cm³/mol. The Morgan fingerprint density at radius 3 is 2.44 bits per heavy atom. The highest BCUT2D eigenvalue weighted by Gasteiger charge is 2.40. The number of pyridine rings is 1. The van der Waals surface area contributed by atoms with E-state index in [9.17, 15) is 14.4 Å². The number of nitrogens with one attached hydrogen (secondary N) is 1. The Balaban J connectivity index is 1.40. The maximum Gasteiger partial charge on any atom is 0.253 e. The van der Waals surface area contributed by atoms with Crippen LogP contribution in [-0.4, -0.2) is 20.9 Å². The average Bonchev–Trinajstić information content (AvgIpc) is 3.27. The highest BCUT2D eigenvalue weighted by Crippen LogP contribution is 2.39. The second-order valence-corrected chi connectivity index (χ2v) is 11.2. The van der Waals surface area contributed by atoms with Crippen molar-refractivity contribution in [1.82, 2.24) is 14.5 Å². The molecule has 1 aliphatic heterocycles. The molecule has 0 saturated carbocycles. The molecule has 3 N–H and O–H groups in total. The van der Waals surface area contributed by atoms with Gasteiger partial charge in [-0.25, -0.2) is 0 Å². The van der Waals surface area contributed by atoms with Gasteiger partial charge in [-0.3, -0.25) is 14.4 Å². The van der Waals surface area contributed by atoms with Crippen molar-refractivity contribution in [1.29, 1.82) is 0 Å². The molecule has 41 heavy (non-hydrogen) atoms. The number of benzene rings is 3. The van der Waals surface area contributed by atoms with Crippen LogP contribution in [-0.2, 0) is 25.6 Å². The first-order chi connectivity index (χ1) is 19.7. The number of hydrogen-bond donors (Lipinski definition) is 2. The van der Waals surface area contributed by atoms with E-state index in [-0.39, 0.29) is 11.5 Å². The number of halogens is 1. The molecule has 0 radical (unpaired) electrons. The van der Waals surface area contributed by atoms with Crippen molar-refractivity contribution < 1.29 is 9.59 Å². The second-order valence-electron chi connectivity index (χ2n) is 10.8. The lowest BCUT2D eigenvalue weighted by atomic mass is 9.81. The monoisotopic (exact) mass is 564 g/mol. The molecule has 5 aromatic rings. The van der Waals surface area contributed by atoms with Crippen LogP contribution in [0.1, 0.15) is 44.0 Å². The summed E-state index contributed by atoms with van der Waals surface area (Å²) in [4.78, 5) is 38.2. The summed E-state index contributed by atoms with van der Waals surface area (Å²) >= 11 is 6.68. The minimum Gasteiger partial charge on any atom is -0.366 e. The first kappa shape index (κ1) is 26.6. The van der Waals surface area contributed by atoms with E-state index in [0.717, 1.165) is 38.9 Å². The fraction of sp³-hybridized carbons (Fsp3) is 0.182. The third kappa shape index (κ3) is 4.62. The first-order valence-corrected chi connectivity index (χ1v) is 13.8. The highest BCUT2D eigenvalue weighted by atomic mass is 35.5. The number of aryl methyl sites for hydroxylation is 2. The lowest BCUT2D eigenvalue weighted by molar-refractivity contribution is 0.0865. The molecule has 6 rings (SSSR count). The van der Waals surface area contributed by atoms with Crippen molar-refractivity contribution in [3.05, 3.63) is 128 Å². The van der Waals surface area contributed by atoms with Crippen molar-refractivity contribution in [2.24, 2.45) is 12.8 Å². The van der Waals surface area contributed by atoms with Crippen molar-refractivity contribution in [3.8, 4) is 11.1 Å². The van der Waals surface area contributed by atoms with Gasteiger partial charge in [0.1, 0.15) is 0 Å². The van der Waals surface area contributed by atoms with Crippen LogP contribution in [0.25, 0.3) is 22.0 Å². The van der Waals surface area contributed by atoms with Gasteiger partial charge < -0.3 is 20.2 Å². The molecule has 3 heterocycles. The Hall–Kier alpha value is -4.62. The van der Waals surface area contributed by atoms with E-state index in [1.807, 2.05) is 61.5 Å². The molecule has 0 unspecified atom stereocenters. The van der Waals surface area contributed by atoms with Crippen LogP contribution in [0.4, 0.5) is 0 Å². The van der Waals surface area contributed by atoms with Gasteiger partial charge in [-0.1, -0.05) is 59.6 Å². The fourth-order valence-electron chi connectivity index (χ4n) is 6.01. The summed E-state index contributed by atoms with van der Waals surface area (Å²) in [6.45, 7) is 2.42. The minimum atomic E-state index is -0.753. The molecule has 206 valence electrons. The zero-order valence-corrected chi connectivity index (χ0v) is 23.5. The van der Waals surface area contributed by atoms with Gasteiger partial charge in [0.05, 0.1) is 28.2 Å². The van der Waals surface area contributed by atoms with Crippen LogP contribution < -0.4 is 16.6 Å². The quantitative estimate of drug-likeness (QED) is 0.301. The number of rotatable bonds is 5. The van der Waals surface area contributed by atoms with Gasteiger partial charge in [0.15, 0.2) is 0 Å². The smallest absolute Gasteiger partial charge is 0.253 e. The molecule has 2 amide bonds. The number of hydrogen-bond acceptors (Lipinski definition) is 3. The maximum absolute atomic E-state index is 13.9. The Kier molecular flexibility index (Phi) is 6.54. The molecular formula is C33H29ClN4O3. The molecule has 0 spiro atoms. The van der Waals surface area contributed by atoms with Crippen LogP contribution in [0.5, 0.6) is 0 Å². The third-order valence-corrected chi connectivity index (χ3v) is 8.41. The van der Waals surface area contributed by atoms with Crippen molar-refractivity contribution in [3.63, 3.8) is 0 Å². The normalized spacial score (nSPS) is 16.4. The van der Waals surface area contributed by atoms with Crippen LogP contribution >= 0.6 is 11.6 Å². The molecule has 0 fully saturated rings. The van der Waals surface area contributed by atoms with Crippen molar-refractivity contribution in [2.45, 2.75) is 31.8 Å². The van der Waals surface area contributed by atoms with Crippen LogP contribution in [0.15, 0.2) is 89.9 Å². The number of primary amides is 1. The second kappa shape index (κ2) is 10.1. The van der Waals surface area contributed by atoms with E-state index in [1.165, 1.54) is 10.6 Å². The summed E-state index contributed by atoms with van der Waals surface area (Å²) < 4.78 is 3.62. The Morgan fingerprint density at radius 1 is 0.976 bits per heavy atom. The number of nitrogens with zero attached hydrogens (tertiary/aromatic N) is 2. The van der Waals surface area contributed by atoms with E-state index >= 15 is 0 Å². The number of aromatic nitrogens is 2. The van der Waals surface area contributed by atoms with Crippen LogP contribution in [0.2, 0.25) is 5.02 Å². The molecule has 0 aliphatic carbocycles. The van der Waals surface area contributed by atoms with Gasteiger partial charge in [0.25, 0.3) is 11.8 Å². The zero-order valence-electron chi connectivity index (χ0n) is 22.8. The number of fused-ring (bicyclic) bond motifs is 3. The Labute approximate surface area is 242 Å².